The summed E-state index contributed by atoms with van der Waals surface area (Å²) in [5.41, 5.74) is 1.80. The van der Waals surface area contributed by atoms with E-state index in [2.05, 4.69) is 15.5 Å². The van der Waals surface area contributed by atoms with E-state index in [9.17, 15) is 9.59 Å². The van der Waals surface area contributed by atoms with Gasteiger partial charge in [-0.3, -0.25) is 14.7 Å². The second kappa shape index (κ2) is 5.51. The minimum Gasteiger partial charge on any atom is -0.461 e. The first-order valence-electron chi connectivity index (χ1n) is 5.96. The number of carbonyl (C=O) groups excluding carboxylic acids is 2. The molecule has 0 radical (unpaired) electrons. The Morgan fingerprint density at radius 3 is 2.89 bits per heavy atom. The average Bonchev–Trinajstić information content (AvgIpc) is 2.99. The van der Waals surface area contributed by atoms with Crippen LogP contribution in [0.2, 0.25) is 0 Å². The minimum atomic E-state index is -0.672. The molecule has 0 spiro atoms. The van der Waals surface area contributed by atoms with Crippen LogP contribution in [0.4, 0.5) is 0 Å². The summed E-state index contributed by atoms with van der Waals surface area (Å²) < 4.78 is 4.89. The number of rotatable bonds is 5. The number of nitrogens with one attached hydrogen (secondary N) is 2. The minimum absolute atomic E-state index is 0.0420. The lowest BCUT2D eigenvalue weighted by Crippen LogP contribution is -2.38. The third-order valence-electron chi connectivity index (χ3n) is 2.60. The number of aromatic nitrogens is 2. The molecule has 2 aromatic heterocycles. The molecule has 1 amide bonds. The van der Waals surface area contributed by atoms with Crippen LogP contribution >= 0.6 is 0 Å². The predicted molar refractivity (Wildman–Crippen MR) is 67.7 cm³/mol. The van der Waals surface area contributed by atoms with Crippen molar-refractivity contribution in [1.29, 1.82) is 0 Å². The molecule has 2 N–H and O–H groups in total. The molecule has 100 valence electrons. The van der Waals surface area contributed by atoms with Gasteiger partial charge in [0.15, 0.2) is 5.76 Å². The highest BCUT2D eigenvalue weighted by molar-refractivity contribution is 6.42. The van der Waals surface area contributed by atoms with Gasteiger partial charge in [-0.05, 0) is 32.0 Å². The number of carbonyl (C=O) groups is 2. The van der Waals surface area contributed by atoms with Gasteiger partial charge in [0.25, 0.3) is 11.7 Å². The van der Waals surface area contributed by atoms with Crippen LogP contribution in [0.25, 0.3) is 0 Å². The summed E-state index contributed by atoms with van der Waals surface area (Å²) in [6, 6.07) is 4.74. The maximum absolute atomic E-state index is 11.7. The van der Waals surface area contributed by atoms with Crippen LogP contribution in [0.5, 0.6) is 0 Å². The SMILES string of the molecule is Cc1cc(C[C@H](C)NC(=O)C(=O)c2ccco2)n[nH]1. The molecular formula is C13H15N3O3. The van der Waals surface area contributed by atoms with Crippen LogP contribution in [0, 0.1) is 6.92 Å². The molecule has 0 fully saturated rings. The standard InChI is InChI=1S/C13H15N3O3/c1-8(6-10-7-9(2)15-16-10)14-13(18)12(17)11-4-3-5-19-11/h3-5,7-8H,6H2,1-2H3,(H,14,18)(H,15,16)/t8-/m0/s1. The first-order valence-corrected chi connectivity index (χ1v) is 5.96. The Bertz CT molecular complexity index is 572. The molecule has 2 heterocycles. The summed E-state index contributed by atoms with van der Waals surface area (Å²) >= 11 is 0. The van der Waals surface area contributed by atoms with Crippen molar-refractivity contribution in [2.45, 2.75) is 26.3 Å². The van der Waals surface area contributed by atoms with Crippen molar-refractivity contribution in [2.24, 2.45) is 0 Å². The largest absolute Gasteiger partial charge is 0.461 e. The Labute approximate surface area is 110 Å². The number of H-pyrrole nitrogens is 1. The lowest BCUT2D eigenvalue weighted by Gasteiger charge is -2.10. The number of amides is 1. The molecule has 0 unspecified atom stereocenters. The van der Waals surface area contributed by atoms with Crippen LogP contribution in [0.3, 0.4) is 0 Å². The van der Waals surface area contributed by atoms with E-state index in [0.29, 0.717) is 6.42 Å². The summed E-state index contributed by atoms with van der Waals surface area (Å²) in [5, 5.41) is 9.53. The van der Waals surface area contributed by atoms with E-state index in [-0.39, 0.29) is 11.8 Å². The molecule has 2 aromatic rings. The highest BCUT2D eigenvalue weighted by Crippen LogP contribution is 2.04. The maximum Gasteiger partial charge on any atom is 0.295 e. The molecule has 0 aromatic carbocycles. The summed E-state index contributed by atoms with van der Waals surface area (Å²) in [5.74, 6) is -1.30. The Kier molecular flexibility index (Phi) is 3.79. The lowest BCUT2D eigenvalue weighted by molar-refractivity contribution is -0.117. The third-order valence-corrected chi connectivity index (χ3v) is 2.60. The summed E-state index contributed by atoms with van der Waals surface area (Å²) in [6.07, 6.45) is 1.91. The van der Waals surface area contributed by atoms with Gasteiger partial charge in [0.2, 0.25) is 0 Å². The van der Waals surface area contributed by atoms with Crippen molar-refractivity contribution in [3.63, 3.8) is 0 Å². The number of hydrogen-bond acceptors (Lipinski definition) is 4. The van der Waals surface area contributed by atoms with Gasteiger partial charge in [-0.1, -0.05) is 0 Å². The van der Waals surface area contributed by atoms with Gasteiger partial charge in [-0.15, -0.1) is 0 Å². The summed E-state index contributed by atoms with van der Waals surface area (Å²) in [6.45, 7) is 3.72. The zero-order valence-corrected chi connectivity index (χ0v) is 10.8. The average molecular weight is 261 g/mol. The summed E-state index contributed by atoms with van der Waals surface area (Å²) in [7, 11) is 0. The lowest BCUT2D eigenvalue weighted by atomic mass is 10.1. The summed E-state index contributed by atoms with van der Waals surface area (Å²) in [4.78, 5) is 23.4. The van der Waals surface area contributed by atoms with Crippen LogP contribution in [0.15, 0.2) is 28.9 Å². The number of aromatic amines is 1. The van der Waals surface area contributed by atoms with Gasteiger partial charge in [0, 0.05) is 18.2 Å². The van der Waals surface area contributed by atoms with E-state index < -0.39 is 11.7 Å². The number of hydrogen-bond donors (Lipinski definition) is 2. The molecule has 2 rings (SSSR count). The van der Waals surface area contributed by atoms with Gasteiger partial charge < -0.3 is 9.73 Å². The van der Waals surface area contributed by atoms with Gasteiger partial charge in [-0.25, -0.2) is 0 Å². The van der Waals surface area contributed by atoms with E-state index in [1.165, 1.54) is 12.3 Å². The van der Waals surface area contributed by atoms with Gasteiger partial charge >= 0.3 is 0 Å². The highest BCUT2D eigenvalue weighted by Gasteiger charge is 2.20. The Balaban J connectivity index is 1.90. The Hall–Kier alpha value is -2.37. The second-order valence-corrected chi connectivity index (χ2v) is 4.43. The van der Waals surface area contributed by atoms with Gasteiger partial charge in [0.05, 0.1) is 12.0 Å². The molecule has 19 heavy (non-hydrogen) atoms. The number of Topliss-reactive ketones (excluding diaryl/α,β-unsaturated/α-hetero) is 1. The third kappa shape index (κ3) is 3.31. The monoisotopic (exact) mass is 261 g/mol. The van der Waals surface area contributed by atoms with Gasteiger partial charge in [-0.2, -0.15) is 5.10 Å². The fraction of sp³-hybridized carbons (Fsp3) is 0.308. The number of ketones is 1. The first-order chi connectivity index (χ1) is 9.06. The van der Waals surface area contributed by atoms with Crippen LogP contribution in [-0.4, -0.2) is 27.9 Å². The maximum atomic E-state index is 11.7. The molecule has 0 saturated heterocycles. The zero-order chi connectivity index (χ0) is 13.8. The molecule has 0 aliphatic rings. The second-order valence-electron chi connectivity index (χ2n) is 4.43. The number of aryl methyl sites for hydroxylation is 1. The van der Waals surface area contributed by atoms with Crippen LogP contribution in [0.1, 0.15) is 28.9 Å². The van der Waals surface area contributed by atoms with Crippen LogP contribution < -0.4 is 5.32 Å². The molecular weight excluding hydrogens is 246 g/mol. The van der Waals surface area contributed by atoms with E-state index in [1.807, 2.05) is 19.9 Å². The van der Waals surface area contributed by atoms with Crippen molar-refractivity contribution in [1.82, 2.24) is 15.5 Å². The molecule has 6 nitrogen and oxygen atoms in total. The fourth-order valence-corrected chi connectivity index (χ4v) is 1.75. The number of furan rings is 1. The Morgan fingerprint density at radius 2 is 2.32 bits per heavy atom. The smallest absolute Gasteiger partial charge is 0.295 e. The first kappa shape index (κ1) is 13.1. The highest BCUT2D eigenvalue weighted by atomic mass is 16.3. The van der Waals surface area contributed by atoms with Crippen molar-refractivity contribution in [3.05, 3.63) is 41.6 Å². The number of nitrogens with zero attached hydrogens (tertiary/aromatic N) is 1. The van der Waals surface area contributed by atoms with Crippen molar-refractivity contribution < 1.29 is 14.0 Å². The van der Waals surface area contributed by atoms with E-state index in [0.717, 1.165) is 11.4 Å². The molecule has 6 heteroatoms. The topological polar surface area (TPSA) is 88.0 Å². The van der Waals surface area contributed by atoms with Gasteiger partial charge in [0.1, 0.15) is 0 Å². The zero-order valence-electron chi connectivity index (χ0n) is 10.8. The molecule has 0 saturated carbocycles. The Morgan fingerprint density at radius 1 is 1.53 bits per heavy atom. The fourth-order valence-electron chi connectivity index (χ4n) is 1.75. The quantitative estimate of drug-likeness (QED) is 0.626. The molecule has 0 aliphatic heterocycles. The van der Waals surface area contributed by atoms with E-state index in [1.54, 1.807) is 6.07 Å². The van der Waals surface area contributed by atoms with Crippen molar-refractivity contribution >= 4 is 11.7 Å². The van der Waals surface area contributed by atoms with Crippen molar-refractivity contribution in [3.8, 4) is 0 Å². The van der Waals surface area contributed by atoms with E-state index in [4.69, 9.17) is 4.42 Å². The molecule has 0 aliphatic carbocycles. The predicted octanol–water partition coefficient (Wildman–Crippen LogP) is 1.24. The van der Waals surface area contributed by atoms with Crippen LogP contribution in [-0.2, 0) is 11.2 Å². The van der Waals surface area contributed by atoms with E-state index >= 15 is 0 Å². The normalized spacial score (nSPS) is 12.1. The van der Waals surface area contributed by atoms with Crippen molar-refractivity contribution in [2.75, 3.05) is 0 Å². The molecule has 0 bridgehead atoms. The molecule has 1 atom stereocenters.